The molecule has 2 aromatic rings. The Morgan fingerprint density at radius 1 is 1.00 bits per heavy atom. The smallest absolute Gasteiger partial charge is 0.223 e. The molecular formula is C24H30N2O3. The molecule has 1 aliphatic rings. The molecular weight excluding hydrogens is 364 g/mol. The van der Waals surface area contributed by atoms with E-state index >= 15 is 0 Å². The number of amides is 1. The standard InChI is InChI=1S/C24H30N2O3/c1-25(2)21-12-10-19(11-13-21)17-26(18-22-9-6-16-29-22)24(28)15-14-23(27)20-7-4-3-5-8-20/h3-5,7-8,10-13,22H,6,9,14-18H2,1-2H3. The molecule has 5 nitrogen and oxygen atoms in total. The second kappa shape index (κ2) is 10.2. The highest BCUT2D eigenvalue weighted by Crippen LogP contribution is 2.18. The van der Waals surface area contributed by atoms with E-state index in [1.54, 1.807) is 12.1 Å². The molecule has 0 aliphatic carbocycles. The van der Waals surface area contributed by atoms with E-state index in [0.717, 1.165) is 30.7 Å². The number of Topliss-reactive ketones (excluding diaryl/α,β-unsaturated/α-hetero) is 1. The van der Waals surface area contributed by atoms with Crippen LogP contribution in [0.2, 0.25) is 0 Å². The van der Waals surface area contributed by atoms with Crippen LogP contribution in [-0.2, 0) is 16.1 Å². The van der Waals surface area contributed by atoms with Crippen molar-refractivity contribution in [2.75, 3.05) is 32.1 Å². The Labute approximate surface area is 173 Å². The van der Waals surface area contributed by atoms with Gasteiger partial charge in [-0.1, -0.05) is 42.5 Å². The molecule has 1 heterocycles. The lowest BCUT2D eigenvalue weighted by Gasteiger charge is -2.26. The van der Waals surface area contributed by atoms with Crippen LogP contribution >= 0.6 is 0 Å². The molecule has 154 valence electrons. The molecule has 1 aliphatic heterocycles. The van der Waals surface area contributed by atoms with Crippen LogP contribution in [0.4, 0.5) is 5.69 Å². The number of anilines is 1. The molecule has 1 unspecified atom stereocenters. The third-order valence-corrected chi connectivity index (χ3v) is 5.29. The first-order chi connectivity index (χ1) is 14.0. The van der Waals surface area contributed by atoms with Gasteiger partial charge in [-0.2, -0.15) is 0 Å². The Balaban J connectivity index is 1.63. The molecule has 5 heteroatoms. The zero-order valence-corrected chi connectivity index (χ0v) is 17.3. The van der Waals surface area contributed by atoms with Gasteiger partial charge < -0.3 is 14.5 Å². The molecule has 0 N–H and O–H groups in total. The van der Waals surface area contributed by atoms with E-state index < -0.39 is 0 Å². The number of ether oxygens (including phenoxy) is 1. The number of benzene rings is 2. The van der Waals surface area contributed by atoms with E-state index in [1.807, 2.05) is 42.1 Å². The summed E-state index contributed by atoms with van der Waals surface area (Å²) in [5.74, 6) is 0.00724. The van der Waals surface area contributed by atoms with Crippen LogP contribution in [0, 0.1) is 0 Å². The molecule has 3 rings (SSSR count). The van der Waals surface area contributed by atoms with Gasteiger partial charge in [0.15, 0.2) is 5.78 Å². The summed E-state index contributed by atoms with van der Waals surface area (Å²) < 4.78 is 5.75. The van der Waals surface area contributed by atoms with Crippen LogP contribution in [0.1, 0.15) is 41.6 Å². The lowest BCUT2D eigenvalue weighted by atomic mass is 10.1. The lowest BCUT2D eigenvalue weighted by molar-refractivity contribution is -0.133. The second-order valence-corrected chi connectivity index (χ2v) is 7.76. The van der Waals surface area contributed by atoms with E-state index in [-0.39, 0.29) is 30.6 Å². The van der Waals surface area contributed by atoms with Gasteiger partial charge >= 0.3 is 0 Å². The molecule has 0 saturated carbocycles. The highest BCUT2D eigenvalue weighted by atomic mass is 16.5. The van der Waals surface area contributed by atoms with E-state index in [0.29, 0.717) is 18.7 Å². The van der Waals surface area contributed by atoms with Crippen LogP contribution in [-0.4, -0.2) is 49.9 Å². The van der Waals surface area contributed by atoms with Crippen molar-refractivity contribution in [1.82, 2.24) is 4.90 Å². The molecule has 2 aromatic carbocycles. The van der Waals surface area contributed by atoms with Gasteiger partial charge in [-0.15, -0.1) is 0 Å². The van der Waals surface area contributed by atoms with Crippen LogP contribution in [0.15, 0.2) is 54.6 Å². The molecule has 1 amide bonds. The quantitative estimate of drug-likeness (QED) is 0.605. The largest absolute Gasteiger partial charge is 0.378 e. The van der Waals surface area contributed by atoms with Crippen LogP contribution in [0.3, 0.4) is 0 Å². The van der Waals surface area contributed by atoms with E-state index in [4.69, 9.17) is 4.74 Å². The fourth-order valence-corrected chi connectivity index (χ4v) is 3.56. The minimum absolute atomic E-state index is 0.00136. The molecule has 29 heavy (non-hydrogen) atoms. The minimum atomic E-state index is 0.00136. The fourth-order valence-electron chi connectivity index (χ4n) is 3.56. The Morgan fingerprint density at radius 3 is 2.34 bits per heavy atom. The molecule has 1 fully saturated rings. The summed E-state index contributed by atoms with van der Waals surface area (Å²) in [6.07, 6.45) is 2.55. The van der Waals surface area contributed by atoms with Crippen molar-refractivity contribution in [2.45, 2.75) is 38.3 Å². The Bertz CT molecular complexity index is 797. The third-order valence-electron chi connectivity index (χ3n) is 5.29. The number of hydrogen-bond acceptors (Lipinski definition) is 4. The average Bonchev–Trinajstić information content (AvgIpc) is 3.25. The summed E-state index contributed by atoms with van der Waals surface area (Å²) in [5.41, 5.74) is 2.86. The van der Waals surface area contributed by atoms with Gasteiger partial charge in [0.2, 0.25) is 5.91 Å². The van der Waals surface area contributed by atoms with Crippen LogP contribution in [0.5, 0.6) is 0 Å². The summed E-state index contributed by atoms with van der Waals surface area (Å²) in [7, 11) is 4.01. The van der Waals surface area contributed by atoms with Crippen molar-refractivity contribution in [2.24, 2.45) is 0 Å². The minimum Gasteiger partial charge on any atom is -0.378 e. The number of hydrogen-bond donors (Lipinski definition) is 0. The number of carbonyl (C=O) groups excluding carboxylic acids is 2. The fraction of sp³-hybridized carbons (Fsp3) is 0.417. The van der Waals surface area contributed by atoms with Gasteiger partial charge in [-0.25, -0.2) is 0 Å². The highest BCUT2D eigenvalue weighted by Gasteiger charge is 2.23. The Morgan fingerprint density at radius 2 is 1.72 bits per heavy atom. The maximum atomic E-state index is 13.0. The zero-order chi connectivity index (χ0) is 20.6. The molecule has 1 atom stereocenters. The first kappa shape index (κ1) is 21.1. The van der Waals surface area contributed by atoms with Crippen molar-refractivity contribution < 1.29 is 14.3 Å². The summed E-state index contributed by atoms with van der Waals surface area (Å²) in [6.45, 7) is 1.87. The third kappa shape index (κ3) is 6.16. The van der Waals surface area contributed by atoms with Gasteiger partial charge in [0.25, 0.3) is 0 Å². The molecule has 0 radical (unpaired) electrons. The zero-order valence-electron chi connectivity index (χ0n) is 17.3. The van der Waals surface area contributed by atoms with Crippen molar-refractivity contribution >= 4 is 17.4 Å². The van der Waals surface area contributed by atoms with Gasteiger partial charge in [-0.05, 0) is 30.5 Å². The first-order valence-corrected chi connectivity index (χ1v) is 10.3. The van der Waals surface area contributed by atoms with E-state index in [1.165, 1.54) is 0 Å². The summed E-state index contributed by atoms with van der Waals surface area (Å²) >= 11 is 0. The maximum Gasteiger partial charge on any atom is 0.223 e. The van der Waals surface area contributed by atoms with Crippen molar-refractivity contribution in [1.29, 1.82) is 0 Å². The maximum absolute atomic E-state index is 13.0. The van der Waals surface area contributed by atoms with Gasteiger partial charge in [0.1, 0.15) is 0 Å². The molecule has 0 spiro atoms. The SMILES string of the molecule is CN(C)c1ccc(CN(CC2CCCO2)C(=O)CCC(=O)c2ccccc2)cc1. The number of ketones is 1. The Hall–Kier alpha value is -2.66. The van der Waals surface area contributed by atoms with E-state index in [2.05, 4.69) is 24.3 Å². The van der Waals surface area contributed by atoms with Gasteiger partial charge in [0.05, 0.1) is 6.10 Å². The monoisotopic (exact) mass is 394 g/mol. The van der Waals surface area contributed by atoms with Crippen molar-refractivity contribution in [3.63, 3.8) is 0 Å². The highest BCUT2D eigenvalue weighted by molar-refractivity contribution is 5.97. The van der Waals surface area contributed by atoms with Crippen molar-refractivity contribution in [3.05, 3.63) is 65.7 Å². The number of rotatable bonds is 9. The molecule has 0 bridgehead atoms. The predicted molar refractivity (Wildman–Crippen MR) is 115 cm³/mol. The normalized spacial score (nSPS) is 15.9. The topological polar surface area (TPSA) is 49.9 Å². The first-order valence-electron chi connectivity index (χ1n) is 10.3. The predicted octanol–water partition coefficient (Wildman–Crippen LogP) is 3.92. The van der Waals surface area contributed by atoms with Gasteiger partial charge in [0, 0.05) is 57.9 Å². The molecule has 0 aromatic heterocycles. The number of carbonyl (C=O) groups is 2. The van der Waals surface area contributed by atoms with Crippen molar-refractivity contribution in [3.8, 4) is 0 Å². The summed E-state index contributed by atoms with van der Waals surface area (Å²) in [4.78, 5) is 29.2. The average molecular weight is 395 g/mol. The second-order valence-electron chi connectivity index (χ2n) is 7.76. The van der Waals surface area contributed by atoms with Crippen LogP contribution < -0.4 is 4.90 Å². The van der Waals surface area contributed by atoms with E-state index in [9.17, 15) is 9.59 Å². The lowest BCUT2D eigenvalue weighted by Crippen LogP contribution is -2.37. The Kier molecular flexibility index (Phi) is 7.42. The number of nitrogens with zero attached hydrogens (tertiary/aromatic N) is 2. The van der Waals surface area contributed by atoms with Crippen LogP contribution in [0.25, 0.3) is 0 Å². The molecule has 1 saturated heterocycles. The summed E-state index contributed by atoms with van der Waals surface area (Å²) in [5, 5.41) is 0. The summed E-state index contributed by atoms with van der Waals surface area (Å²) in [6, 6.07) is 17.4. The van der Waals surface area contributed by atoms with Gasteiger partial charge in [-0.3, -0.25) is 9.59 Å².